The zero-order chi connectivity index (χ0) is 55.7. The summed E-state index contributed by atoms with van der Waals surface area (Å²) < 4.78 is 16.9. The van der Waals surface area contributed by atoms with Crippen LogP contribution in [0.3, 0.4) is 0 Å². The maximum Gasteiger partial charge on any atom is 0.306 e. The van der Waals surface area contributed by atoms with Crippen LogP contribution in [0.5, 0.6) is 0 Å². The SMILES string of the molecule is CCCCCCCCCC/C=C\CCCCCCCCCCCCCCCCCCCC(=O)OCC(COC(=O)CCCCCCCCC)OC(=O)CCCCCCCCCCCCCCCCCCCCCCCCC. The predicted molar refractivity (Wildman–Crippen MR) is 335 cm³/mol. The molecule has 0 saturated carbocycles. The Morgan fingerprint density at radius 1 is 0.247 bits per heavy atom. The second-order valence-corrected chi connectivity index (χ2v) is 24.2. The third-order valence-corrected chi connectivity index (χ3v) is 16.3. The van der Waals surface area contributed by atoms with Crippen LogP contribution in [-0.4, -0.2) is 37.2 Å². The molecular formula is C71H136O6. The lowest BCUT2D eigenvalue weighted by molar-refractivity contribution is -0.167. The van der Waals surface area contributed by atoms with Crippen LogP contribution in [0.15, 0.2) is 12.2 Å². The molecule has 0 N–H and O–H groups in total. The van der Waals surface area contributed by atoms with Crippen LogP contribution < -0.4 is 0 Å². The van der Waals surface area contributed by atoms with Gasteiger partial charge in [0.25, 0.3) is 0 Å². The first-order valence-electron chi connectivity index (χ1n) is 35.2. The van der Waals surface area contributed by atoms with Gasteiger partial charge < -0.3 is 14.2 Å². The summed E-state index contributed by atoms with van der Waals surface area (Å²) in [6.45, 7) is 6.68. The second-order valence-electron chi connectivity index (χ2n) is 24.2. The van der Waals surface area contributed by atoms with Crippen molar-refractivity contribution in [2.75, 3.05) is 13.2 Å². The first-order chi connectivity index (χ1) is 38.0. The Labute approximate surface area is 481 Å². The normalized spacial score (nSPS) is 12.0. The molecule has 0 spiro atoms. The highest BCUT2D eigenvalue weighted by Gasteiger charge is 2.19. The molecule has 0 aromatic carbocycles. The average molecular weight is 1090 g/mol. The summed E-state index contributed by atoms with van der Waals surface area (Å²) in [5, 5.41) is 0. The largest absolute Gasteiger partial charge is 0.462 e. The van der Waals surface area contributed by atoms with Crippen LogP contribution in [0.2, 0.25) is 0 Å². The number of hydrogen-bond acceptors (Lipinski definition) is 6. The summed E-state index contributed by atoms with van der Waals surface area (Å²) in [7, 11) is 0. The van der Waals surface area contributed by atoms with Gasteiger partial charge in [0.1, 0.15) is 13.2 Å². The minimum atomic E-state index is -0.763. The van der Waals surface area contributed by atoms with E-state index in [0.29, 0.717) is 19.3 Å². The molecule has 1 atom stereocenters. The first-order valence-corrected chi connectivity index (χ1v) is 35.2. The lowest BCUT2D eigenvalue weighted by atomic mass is 10.0. The Morgan fingerprint density at radius 2 is 0.429 bits per heavy atom. The van der Waals surface area contributed by atoms with Crippen LogP contribution >= 0.6 is 0 Å². The molecular weight excluding hydrogens is 949 g/mol. The molecule has 0 aliphatic carbocycles. The van der Waals surface area contributed by atoms with Crippen LogP contribution in [-0.2, 0) is 28.6 Å². The Bertz CT molecular complexity index is 1200. The summed E-state index contributed by atoms with van der Waals surface area (Å²) in [6, 6.07) is 0. The van der Waals surface area contributed by atoms with E-state index in [1.807, 2.05) is 0 Å². The molecule has 1 unspecified atom stereocenters. The monoisotopic (exact) mass is 1090 g/mol. The van der Waals surface area contributed by atoms with Crippen molar-refractivity contribution >= 4 is 17.9 Å². The maximum absolute atomic E-state index is 12.9. The number of allylic oxidation sites excluding steroid dienone is 2. The van der Waals surface area contributed by atoms with Crippen molar-refractivity contribution in [2.24, 2.45) is 0 Å². The topological polar surface area (TPSA) is 78.9 Å². The number of rotatable bonds is 66. The second kappa shape index (κ2) is 66.7. The van der Waals surface area contributed by atoms with Crippen LogP contribution in [0.25, 0.3) is 0 Å². The molecule has 0 aromatic heterocycles. The third kappa shape index (κ3) is 64.9. The van der Waals surface area contributed by atoms with Gasteiger partial charge in [-0.2, -0.15) is 0 Å². The van der Waals surface area contributed by atoms with E-state index in [1.165, 1.54) is 308 Å². The lowest BCUT2D eigenvalue weighted by Gasteiger charge is -2.18. The molecule has 6 heteroatoms. The van der Waals surface area contributed by atoms with E-state index >= 15 is 0 Å². The molecule has 0 saturated heterocycles. The van der Waals surface area contributed by atoms with Crippen molar-refractivity contribution < 1.29 is 28.6 Å². The van der Waals surface area contributed by atoms with Crippen LogP contribution in [0, 0.1) is 0 Å². The zero-order valence-corrected chi connectivity index (χ0v) is 52.5. The van der Waals surface area contributed by atoms with E-state index in [0.717, 1.165) is 57.8 Å². The summed E-state index contributed by atoms with van der Waals surface area (Å²) >= 11 is 0. The smallest absolute Gasteiger partial charge is 0.306 e. The highest BCUT2D eigenvalue weighted by atomic mass is 16.6. The fourth-order valence-electron chi connectivity index (χ4n) is 11.0. The van der Waals surface area contributed by atoms with Crippen LogP contribution in [0.1, 0.15) is 406 Å². The van der Waals surface area contributed by atoms with Gasteiger partial charge >= 0.3 is 17.9 Å². The first kappa shape index (κ1) is 75.2. The van der Waals surface area contributed by atoms with Crippen molar-refractivity contribution in [3.05, 3.63) is 12.2 Å². The third-order valence-electron chi connectivity index (χ3n) is 16.3. The Balaban J connectivity index is 3.99. The van der Waals surface area contributed by atoms with Gasteiger partial charge in [0.2, 0.25) is 0 Å². The highest BCUT2D eigenvalue weighted by molar-refractivity contribution is 5.71. The summed E-state index contributed by atoms with van der Waals surface area (Å²) in [4.78, 5) is 38.2. The number of carbonyl (C=O) groups excluding carboxylic acids is 3. The van der Waals surface area contributed by atoms with Crippen molar-refractivity contribution in [3.8, 4) is 0 Å². The van der Waals surface area contributed by atoms with E-state index in [1.54, 1.807) is 0 Å². The number of ether oxygens (including phenoxy) is 3. The lowest BCUT2D eigenvalue weighted by Crippen LogP contribution is -2.30. The summed E-state index contributed by atoms with van der Waals surface area (Å²) in [5.41, 5.74) is 0. The summed E-state index contributed by atoms with van der Waals surface area (Å²) in [6.07, 6.45) is 79.9. The molecule has 0 aromatic rings. The van der Waals surface area contributed by atoms with E-state index in [9.17, 15) is 14.4 Å². The Kier molecular flexibility index (Phi) is 65.1. The van der Waals surface area contributed by atoms with E-state index in [4.69, 9.17) is 14.2 Å². The van der Waals surface area contributed by atoms with E-state index in [2.05, 4.69) is 32.9 Å². The molecule has 0 radical (unpaired) electrons. The fourth-order valence-corrected chi connectivity index (χ4v) is 11.0. The molecule has 456 valence electrons. The average Bonchev–Trinajstić information content (AvgIpc) is 3.43. The molecule has 77 heavy (non-hydrogen) atoms. The molecule has 0 aliphatic heterocycles. The summed E-state index contributed by atoms with van der Waals surface area (Å²) in [5.74, 6) is -0.838. The van der Waals surface area contributed by atoms with Gasteiger partial charge in [-0.3, -0.25) is 14.4 Å². The molecule has 0 heterocycles. The van der Waals surface area contributed by atoms with E-state index in [-0.39, 0.29) is 31.1 Å². The highest BCUT2D eigenvalue weighted by Crippen LogP contribution is 2.19. The van der Waals surface area contributed by atoms with Gasteiger partial charge in [0.15, 0.2) is 6.10 Å². The van der Waals surface area contributed by atoms with Gasteiger partial charge in [-0.25, -0.2) is 0 Å². The van der Waals surface area contributed by atoms with Crippen molar-refractivity contribution in [3.63, 3.8) is 0 Å². The maximum atomic E-state index is 12.9. The fraction of sp³-hybridized carbons (Fsp3) is 0.930. The number of carbonyl (C=O) groups is 3. The van der Waals surface area contributed by atoms with E-state index < -0.39 is 6.10 Å². The molecule has 0 rings (SSSR count). The molecule has 6 nitrogen and oxygen atoms in total. The van der Waals surface area contributed by atoms with Crippen LogP contribution in [0.4, 0.5) is 0 Å². The minimum Gasteiger partial charge on any atom is -0.462 e. The van der Waals surface area contributed by atoms with Gasteiger partial charge in [-0.15, -0.1) is 0 Å². The van der Waals surface area contributed by atoms with Gasteiger partial charge in [0, 0.05) is 19.3 Å². The molecule has 0 bridgehead atoms. The number of hydrogen-bond donors (Lipinski definition) is 0. The molecule has 0 fully saturated rings. The number of unbranched alkanes of at least 4 members (excludes halogenated alkanes) is 53. The minimum absolute atomic E-state index is 0.0631. The zero-order valence-electron chi connectivity index (χ0n) is 52.5. The Hall–Kier alpha value is -1.85. The number of esters is 3. The molecule has 0 aliphatic rings. The van der Waals surface area contributed by atoms with Gasteiger partial charge in [-0.1, -0.05) is 354 Å². The molecule has 0 amide bonds. The predicted octanol–water partition coefficient (Wildman–Crippen LogP) is 24.0. The van der Waals surface area contributed by atoms with Gasteiger partial charge in [-0.05, 0) is 44.9 Å². The quantitative estimate of drug-likeness (QED) is 0.0261. The van der Waals surface area contributed by atoms with Crippen molar-refractivity contribution in [1.82, 2.24) is 0 Å². The standard InChI is InChI=1S/C71H136O6/c1-4-7-10-13-16-18-20-22-24-26-28-30-32-33-34-35-36-37-39-40-42-44-46-48-50-52-55-58-61-64-70(73)76-67-68(66-75-69(72)63-60-57-54-15-12-9-6-3)77-71(74)65-62-59-56-53-51-49-47-45-43-41-38-31-29-27-25-23-21-19-17-14-11-8-5-2/h26,28,68H,4-25,27,29-67H2,1-3H3/b28-26-. The van der Waals surface area contributed by atoms with Crippen molar-refractivity contribution in [1.29, 1.82) is 0 Å². The van der Waals surface area contributed by atoms with Gasteiger partial charge in [0.05, 0.1) is 0 Å². The Morgan fingerprint density at radius 3 is 0.649 bits per heavy atom. The van der Waals surface area contributed by atoms with Crippen molar-refractivity contribution in [2.45, 2.75) is 412 Å².